The third kappa shape index (κ3) is 3.11. The third-order valence-corrected chi connectivity index (χ3v) is 3.62. The van der Waals surface area contributed by atoms with Gasteiger partial charge in [-0.3, -0.25) is 4.79 Å². The van der Waals surface area contributed by atoms with Crippen LogP contribution in [0.1, 0.15) is 35.2 Å². The second kappa shape index (κ2) is 5.40. The van der Waals surface area contributed by atoms with Gasteiger partial charge in [0.2, 0.25) is 5.89 Å². The minimum Gasteiger partial charge on any atom is -0.397 e. The maximum Gasteiger partial charge on any atom is 0.223 e. The normalized spacial score (nSPS) is 10.9. The number of aryl methyl sites for hydroxylation is 1. The topological polar surface area (TPSA) is 94.0 Å². The fourth-order valence-electron chi connectivity index (χ4n) is 1.53. The second-order valence-corrected chi connectivity index (χ2v) is 5.55. The van der Waals surface area contributed by atoms with Crippen LogP contribution >= 0.6 is 11.3 Å². The smallest absolute Gasteiger partial charge is 0.223 e. The Hall–Kier alpha value is -1.89. The summed E-state index contributed by atoms with van der Waals surface area (Å²) in [4.78, 5) is 16.6. The van der Waals surface area contributed by atoms with Crippen molar-refractivity contribution >= 4 is 27.8 Å². The van der Waals surface area contributed by atoms with Crippen LogP contribution in [-0.2, 0) is 6.54 Å². The van der Waals surface area contributed by atoms with Gasteiger partial charge in [0.1, 0.15) is 0 Å². The molecule has 6 nitrogen and oxygen atoms in total. The largest absolute Gasteiger partial charge is 0.397 e. The molecule has 0 radical (unpaired) electrons. The summed E-state index contributed by atoms with van der Waals surface area (Å²) in [6.07, 6.45) is 0. The Morgan fingerprint density at radius 1 is 1.58 bits per heavy atom. The number of carbonyl (C=O) groups is 1. The van der Waals surface area contributed by atoms with E-state index in [1.807, 2.05) is 13.8 Å². The van der Waals surface area contributed by atoms with E-state index in [1.165, 1.54) is 11.3 Å². The van der Waals surface area contributed by atoms with E-state index < -0.39 is 0 Å². The molecule has 0 spiro atoms. The van der Waals surface area contributed by atoms with Gasteiger partial charge >= 0.3 is 0 Å². The quantitative estimate of drug-likeness (QED) is 0.817. The van der Waals surface area contributed by atoms with Crippen molar-refractivity contribution < 1.29 is 9.32 Å². The number of ketones is 1. The van der Waals surface area contributed by atoms with E-state index in [-0.39, 0.29) is 11.7 Å². The summed E-state index contributed by atoms with van der Waals surface area (Å²) in [6.45, 7) is 5.89. The summed E-state index contributed by atoms with van der Waals surface area (Å²) in [5, 5.41) is 7.73. The molecule has 0 saturated heterocycles. The Bertz CT molecular complexity index is 588. The minimum atomic E-state index is -0.0614. The van der Waals surface area contributed by atoms with Crippen molar-refractivity contribution in [2.45, 2.75) is 27.3 Å². The molecule has 2 aromatic rings. The van der Waals surface area contributed by atoms with Gasteiger partial charge in [0.25, 0.3) is 0 Å². The average molecular weight is 280 g/mol. The highest BCUT2D eigenvalue weighted by Gasteiger charge is 2.17. The molecule has 0 bridgehead atoms. The fourth-order valence-corrected chi connectivity index (χ4v) is 2.59. The third-order valence-electron chi connectivity index (χ3n) is 2.50. The Balaban J connectivity index is 2.06. The van der Waals surface area contributed by atoms with Gasteiger partial charge in [-0.25, -0.2) is 0 Å². The van der Waals surface area contributed by atoms with Gasteiger partial charge in [-0.2, -0.15) is 4.98 Å². The summed E-state index contributed by atoms with van der Waals surface area (Å²) >= 11 is 1.35. The molecule has 19 heavy (non-hydrogen) atoms. The Kier molecular flexibility index (Phi) is 3.84. The SMILES string of the molecule is Cc1nc(CNc2cc(N)c(C(=O)C(C)C)s2)no1. The number of nitrogen functional groups attached to an aromatic ring is 1. The van der Waals surface area contributed by atoms with Crippen molar-refractivity contribution in [3.63, 3.8) is 0 Å². The minimum absolute atomic E-state index is 0.0611. The van der Waals surface area contributed by atoms with Crippen molar-refractivity contribution in [1.29, 1.82) is 0 Å². The molecule has 3 N–H and O–H groups in total. The molecule has 0 aliphatic carbocycles. The van der Waals surface area contributed by atoms with E-state index in [0.29, 0.717) is 28.8 Å². The monoisotopic (exact) mass is 280 g/mol. The standard InChI is InChI=1S/C12H16N4O2S/c1-6(2)11(17)12-8(13)4-10(19-12)14-5-9-15-7(3)18-16-9/h4,6,14H,5,13H2,1-3H3. The number of rotatable bonds is 5. The van der Waals surface area contributed by atoms with Crippen molar-refractivity contribution in [1.82, 2.24) is 10.1 Å². The molecular formula is C12H16N4O2S. The summed E-state index contributed by atoms with van der Waals surface area (Å²) in [5.41, 5.74) is 6.36. The van der Waals surface area contributed by atoms with E-state index in [9.17, 15) is 4.79 Å². The van der Waals surface area contributed by atoms with Crippen LogP contribution in [0.25, 0.3) is 0 Å². The first-order valence-electron chi connectivity index (χ1n) is 5.94. The van der Waals surface area contributed by atoms with E-state index in [1.54, 1.807) is 13.0 Å². The number of nitrogens with two attached hydrogens (primary N) is 1. The average Bonchev–Trinajstić information content (AvgIpc) is 2.92. The van der Waals surface area contributed by atoms with Crippen LogP contribution in [0.15, 0.2) is 10.6 Å². The molecule has 0 atom stereocenters. The van der Waals surface area contributed by atoms with Crippen molar-refractivity contribution in [2.75, 3.05) is 11.1 Å². The van der Waals surface area contributed by atoms with Gasteiger partial charge in [-0.05, 0) is 6.07 Å². The molecule has 0 amide bonds. The summed E-state index contributed by atoms with van der Waals surface area (Å²) in [6, 6.07) is 1.76. The van der Waals surface area contributed by atoms with Crippen LogP contribution in [0, 0.1) is 12.8 Å². The zero-order chi connectivity index (χ0) is 14.0. The van der Waals surface area contributed by atoms with Crippen LogP contribution in [0.2, 0.25) is 0 Å². The van der Waals surface area contributed by atoms with Gasteiger partial charge in [-0.15, -0.1) is 11.3 Å². The zero-order valence-corrected chi connectivity index (χ0v) is 11.9. The number of Topliss-reactive ketones (excluding diaryl/α,β-unsaturated/α-hetero) is 1. The lowest BCUT2D eigenvalue weighted by molar-refractivity contribution is 0.0944. The molecule has 0 aromatic carbocycles. The molecule has 0 aliphatic rings. The Morgan fingerprint density at radius 3 is 2.89 bits per heavy atom. The predicted molar refractivity (Wildman–Crippen MR) is 74.3 cm³/mol. The maximum absolute atomic E-state index is 11.9. The number of aromatic nitrogens is 2. The molecule has 0 saturated carbocycles. The molecule has 2 aromatic heterocycles. The number of hydrogen-bond donors (Lipinski definition) is 2. The van der Waals surface area contributed by atoms with E-state index >= 15 is 0 Å². The number of thiophene rings is 1. The Morgan fingerprint density at radius 2 is 2.32 bits per heavy atom. The molecule has 0 aliphatic heterocycles. The molecule has 102 valence electrons. The molecule has 7 heteroatoms. The zero-order valence-electron chi connectivity index (χ0n) is 11.1. The molecule has 2 rings (SSSR count). The van der Waals surface area contributed by atoms with E-state index in [2.05, 4.69) is 15.5 Å². The second-order valence-electron chi connectivity index (χ2n) is 4.50. The summed E-state index contributed by atoms with van der Waals surface area (Å²) in [5.74, 6) is 1.10. The molecule has 0 unspecified atom stereocenters. The summed E-state index contributed by atoms with van der Waals surface area (Å²) < 4.78 is 4.88. The first kappa shape index (κ1) is 13.5. The fraction of sp³-hybridized carbons (Fsp3) is 0.417. The van der Waals surface area contributed by atoms with Gasteiger partial charge in [0.05, 0.1) is 22.1 Å². The lowest BCUT2D eigenvalue weighted by Crippen LogP contribution is -2.07. The first-order valence-corrected chi connectivity index (χ1v) is 6.75. The highest BCUT2D eigenvalue weighted by atomic mass is 32.1. The summed E-state index contributed by atoms with van der Waals surface area (Å²) in [7, 11) is 0. The number of nitrogens with one attached hydrogen (secondary N) is 1. The van der Waals surface area contributed by atoms with Gasteiger partial charge in [0.15, 0.2) is 11.6 Å². The maximum atomic E-state index is 11.9. The number of carbonyl (C=O) groups excluding carboxylic acids is 1. The van der Waals surface area contributed by atoms with Crippen molar-refractivity contribution in [3.8, 4) is 0 Å². The van der Waals surface area contributed by atoms with Gasteiger partial charge in [-0.1, -0.05) is 19.0 Å². The van der Waals surface area contributed by atoms with Gasteiger partial charge < -0.3 is 15.6 Å². The molecule has 0 fully saturated rings. The van der Waals surface area contributed by atoms with Crippen molar-refractivity contribution in [2.24, 2.45) is 5.92 Å². The van der Waals surface area contributed by atoms with Gasteiger partial charge in [0, 0.05) is 12.8 Å². The van der Waals surface area contributed by atoms with Crippen LogP contribution in [0.5, 0.6) is 0 Å². The first-order chi connectivity index (χ1) is 8.97. The Labute approximate surface area is 115 Å². The van der Waals surface area contributed by atoms with Crippen molar-refractivity contribution in [3.05, 3.63) is 22.7 Å². The lowest BCUT2D eigenvalue weighted by atomic mass is 10.1. The molecular weight excluding hydrogens is 264 g/mol. The van der Waals surface area contributed by atoms with Crippen LogP contribution in [0.3, 0.4) is 0 Å². The number of nitrogens with zero attached hydrogens (tertiary/aromatic N) is 2. The lowest BCUT2D eigenvalue weighted by Gasteiger charge is -2.01. The number of hydrogen-bond acceptors (Lipinski definition) is 7. The molecule has 2 heterocycles. The highest BCUT2D eigenvalue weighted by Crippen LogP contribution is 2.31. The van der Waals surface area contributed by atoms with Crippen LogP contribution < -0.4 is 11.1 Å². The van der Waals surface area contributed by atoms with E-state index in [4.69, 9.17) is 10.3 Å². The number of anilines is 2. The predicted octanol–water partition coefficient (Wildman–Crippen LogP) is 2.47. The van der Waals surface area contributed by atoms with E-state index in [0.717, 1.165) is 5.00 Å². The van der Waals surface area contributed by atoms with Crippen LogP contribution in [-0.4, -0.2) is 15.9 Å². The van der Waals surface area contributed by atoms with Crippen LogP contribution in [0.4, 0.5) is 10.7 Å². The highest BCUT2D eigenvalue weighted by molar-refractivity contribution is 7.18.